The van der Waals surface area contributed by atoms with Crippen LogP contribution in [-0.2, 0) is 9.53 Å². The number of hydrogen-bond acceptors (Lipinski definition) is 3. The molecule has 0 saturated heterocycles. The minimum atomic E-state index is -0.898. The Morgan fingerprint density at radius 1 is 1.53 bits per heavy atom. The summed E-state index contributed by atoms with van der Waals surface area (Å²) < 4.78 is 18.2. The third-order valence-electron chi connectivity index (χ3n) is 2.71. The molecule has 106 valence electrons. The molecule has 0 aliphatic rings. The van der Waals surface area contributed by atoms with Gasteiger partial charge in [-0.2, -0.15) is 0 Å². The summed E-state index contributed by atoms with van der Waals surface area (Å²) in [6.07, 6.45) is 1.20. The number of unbranched alkanes of at least 4 members (excludes halogenated alkanes) is 1. The second kappa shape index (κ2) is 8.12. The smallest absolute Gasteiger partial charge is 0.305 e. The van der Waals surface area contributed by atoms with E-state index in [4.69, 9.17) is 16.3 Å². The summed E-state index contributed by atoms with van der Waals surface area (Å²) in [5.74, 6) is -0.925. The minimum absolute atomic E-state index is 0.00919. The van der Waals surface area contributed by atoms with Crippen molar-refractivity contribution >= 4 is 17.6 Å². The van der Waals surface area contributed by atoms with Crippen molar-refractivity contribution in [1.29, 1.82) is 0 Å². The van der Waals surface area contributed by atoms with Crippen LogP contribution in [0.3, 0.4) is 0 Å². The molecule has 0 aliphatic carbocycles. The van der Waals surface area contributed by atoms with Gasteiger partial charge in [0.15, 0.2) is 0 Å². The molecule has 0 saturated carbocycles. The van der Waals surface area contributed by atoms with Gasteiger partial charge in [-0.05, 0) is 30.5 Å². The predicted molar refractivity (Wildman–Crippen MR) is 71.5 cm³/mol. The number of carbonyl (C=O) groups is 1. The molecule has 1 aromatic rings. The van der Waals surface area contributed by atoms with Crippen molar-refractivity contribution in [2.45, 2.75) is 38.7 Å². The van der Waals surface area contributed by atoms with E-state index in [9.17, 15) is 14.3 Å². The van der Waals surface area contributed by atoms with Crippen molar-refractivity contribution in [2.75, 3.05) is 6.61 Å². The second-order valence-corrected chi connectivity index (χ2v) is 4.71. The van der Waals surface area contributed by atoms with Crippen LogP contribution < -0.4 is 0 Å². The van der Waals surface area contributed by atoms with Gasteiger partial charge < -0.3 is 9.84 Å². The van der Waals surface area contributed by atoms with E-state index in [1.54, 1.807) is 6.07 Å². The number of aliphatic hydroxyl groups is 1. The summed E-state index contributed by atoms with van der Waals surface area (Å²) in [5.41, 5.74) is 0.406. The molecular formula is C14H18ClFO3. The first-order valence-electron chi connectivity index (χ1n) is 6.33. The minimum Gasteiger partial charge on any atom is -0.466 e. The number of halogens is 2. The van der Waals surface area contributed by atoms with Gasteiger partial charge in [0.1, 0.15) is 5.82 Å². The fraction of sp³-hybridized carbons (Fsp3) is 0.500. The van der Waals surface area contributed by atoms with Crippen molar-refractivity contribution in [3.05, 3.63) is 34.6 Å². The molecule has 3 nitrogen and oxygen atoms in total. The molecule has 1 atom stereocenters. The highest BCUT2D eigenvalue weighted by Crippen LogP contribution is 2.23. The monoisotopic (exact) mass is 288 g/mol. The molecule has 1 N–H and O–H groups in total. The quantitative estimate of drug-likeness (QED) is 0.615. The Morgan fingerprint density at radius 3 is 2.89 bits per heavy atom. The van der Waals surface area contributed by atoms with E-state index in [1.807, 2.05) is 6.92 Å². The molecule has 0 bridgehead atoms. The van der Waals surface area contributed by atoms with Gasteiger partial charge in [-0.1, -0.05) is 31.0 Å². The molecule has 0 aliphatic heterocycles. The maximum Gasteiger partial charge on any atom is 0.305 e. The van der Waals surface area contributed by atoms with Gasteiger partial charge in [-0.3, -0.25) is 4.79 Å². The number of carbonyl (C=O) groups excluding carboxylic acids is 1. The van der Waals surface area contributed by atoms with Crippen LogP contribution in [0.4, 0.5) is 4.39 Å². The Bertz CT molecular complexity index is 423. The molecule has 1 unspecified atom stereocenters. The molecule has 0 fully saturated rings. The fourth-order valence-corrected chi connectivity index (χ4v) is 1.66. The number of benzene rings is 1. The number of rotatable bonds is 7. The van der Waals surface area contributed by atoms with Crippen molar-refractivity contribution in [1.82, 2.24) is 0 Å². The zero-order chi connectivity index (χ0) is 14.3. The van der Waals surface area contributed by atoms with Crippen LogP contribution in [0, 0.1) is 5.82 Å². The lowest BCUT2D eigenvalue weighted by Crippen LogP contribution is -2.08. The topological polar surface area (TPSA) is 46.5 Å². The van der Waals surface area contributed by atoms with Gasteiger partial charge in [0.25, 0.3) is 0 Å². The largest absolute Gasteiger partial charge is 0.466 e. The second-order valence-electron chi connectivity index (χ2n) is 4.30. The molecule has 1 aromatic carbocycles. The van der Waals surface area contributed by atoms with Crippen LogP contribution in [0.25, 0.3) is 0 Å². The van der Waals surface area contributed by atoms with Gasteiger partial charge in [0.05, 0.1) is 17.7 Å². The number of esters is 1. The van der Waals surface area contributed by atoms with Crippen LogP contribution in [0.1, 0.15) is 44.3 Å². The van der Waals surface area contributed by atoms with Gasteiger partial charge in [-0.25, -0.2) is 4.39 Å². The van der Waals surface area contributed by atoms with E-state index in [0.29, 0.717) is 12.2 Å². The summed E-state index contributed by atoms with van der Waals surface area (Å²) in [6, 6.07) is 4.10. The summed E-state index contributed by atoms with van der Waals surface area (Å²) in [7, 11) is 0. The Hall–Kier alpha value is -1.13. The zero-order valence-corrected chi connectivity index (χ0v) is 11.6. The molecule has 19 heavy (non-hydrogen) atoms. The van der Waals surface area contributed by atoms with E-state index >= 15 is 0 Å². The Morgan fingerprint density at radius 2 is 2.26 bits per heavy atom. The molecule has 0 amide bonds. The molecular weight excluding hydrogens is 271 g/mol. The van der Waals surface area contributed by atoms with Crippen LogP contribution in [-0.4, -0.2) is 17.7 Å². The molecule has 0 spiro atoms. The van der Waals surface area contributed by atoms with Gasteiger partial charge >= 0.3 is 5.97 Å². The maximum atomic E-state index is 13.2. The molecule has 1 rings (SSSR count). The average Bonchev–Trinajstić information content (AvgIpc) is 2.39. The first kappa shape index (κ1) is 15.9. The van der Waals surface area contributed by atoms with Crippen LogP contribution in [0.5, 0.6) is 0 Å². The van der Waals surface area contributed by atoms with Crippen LogP contribution >= 0.6 is 11.6 Å². The van der Waals surface area contributed by atoms with Crippen molar-refractivity contribution < 1.29 is 19.0 Å². The third-order valence-corrected chi connectivity index (χ3v) is 3.02. The number of ether oxygens (including phenoxy) is 1. The Labute approximate surface area is 117 Å². The highest BCUT2D eigenvalue weighted by Gasteiger charge is 2.13. The Balaban J connectivity index is 2.40. The van der Waals surface area contributed by atoms with Gasteiger partial charge in [0.2, 0.25) is 0 Å². The number of hydrogen-bond donors (Lipinski definition) is 1. The molecule has 5 heteroatoms. The van der Waals surface area contributed by atoms with Crippen LogP contribution in [0.15, 0.2) is 18.2 Å². The maximum absolute atomic E-state index is 13.2. The van der Waals surface area contributed by atoms with Crippen molar-refractivity contribution in [3.63, 3.8) is 0 Å². The first-order chi connectivity index (χ1) is 9.04. The molecule has 0 heterocycles. The zero-order valence-electron chi connectivity index (χ0n) is 10.9. The van der Waals surface area contributed by atoms with Crippen LogP contribution in [0.2, 0.25) is 5.02 Å². The lowest BCUT2D eigenvalue weighted by atomic mass is 10.0. The highest BCUT2D eigenvalue weighted by molar-refractivity contribution is 6.30. The third kappa shape index (κ3) is 5.57. The van der Waals surface area contributed by atoms with E-state index in [-0.39, 0.29) is 23.8 Å². The first-order valence-corrected chi connectivity index (χ1v) is 6.71. The van der Waals surface area contributed by atoms with Gasteiger partial charge in [-0.15, -0.1) is 0 Å². The Kier molecular flexibility index (Phi) is 6.81. The summed E-state index contributed by atoms with van der Waals surface area (Å²) in [4.78, 5) is 11.3. The SMILES string of the molecule is CCCCOC(=O)CCC(O)c1ccc(Cl)c(F)c1. The van der Waals surface area contributed by atoms with E-state index in [0.717, 1.165) is 12.8 Å². The lowest BCUT2D eigenvalue weighted by Gasteiger charge is -2.11. The van der Waals surface area contributed by atoms with E-state index in [1.165, 1.54) is 12.1 Å². The van der Waals surface area contributed by atoms with Crippen molar-refractivity contribution in [2.24, 2.45) is 0 Å². The predicted octanol–water partition coefficient (Wildman–Crippen LogP) is 3.64. The fourth-order valence-electron chi connectivity index (χ4n) is 1.54. The summed E-state index contributed by atoms with van der Waals surface area (Å²) in [5, 5.41) is 9.85. The molecule has 0 radical (unpaired) electrons. The van der Waals surface area contributed by atoms with E-state index in [2.05, 4.69) is 0 Å². The highest BCUT2D eigenvalue weighted by atomic mass is 35.5. The summed E-state index contributed by atoms with van der Waals surface area (Å²) in [6.45, 7) is 2.41. The standard InChI is InChI=1S/C14H18ClFO3/c1-2-3-8-19-14(18)7-6-13(17)10-4-5-11(15)12(16)9-10/h4-5,9,13,17H,2-3,6-8H2,1H3. The van der Waals surface area contributed by atoms with Gasteiger partial charge in [0, 0.05) is 6.42 Å². The average molecular weight is 289 g/mol. The van der Waals surface area contributed by atoms with E-state index < -0.39 is 11.9 Å². The molecule has 0 aromatic heterocycles. The lowest BCUT2D eigenvalue weighted by molar-refractivity contribution is -0.144. The number of aliphatic hydroxyl groups excluding tert-OH is 1. The summed E-state index contributed by atoms with van der Waals surface area (Å²) >= 11 is 5.55. The van der Waals surface area contributed by atoms with Crippen molar-refractivity contribution in [3.8, 4) is 0 Å². The normalized spacial score (nSPS) is 12.2.